The molecule has 0 spiro atoms. The molecule has 1 amide bonds. The van der Waals surface area contributed by atoms with E-state index in [9.17, 15) is 9.18 Å². The number of ether oxygens (including phenoxy) is 2. The number of morpholine rings is 1. The summed E-state index contributed by atoms with van der Waals surface area (Å²) in [6.45, 7) is 2.65. The fraction of sp³-hybridized carbons (Fsp3) is 0.562. The molecule has 7 heteroatoms. The second kappa shape index (κ2) is 8.81. The van der Waals surface area contributed by atoms with Gasteiger partial charge in [0.1, 0.15) is 11.6 Å². The zero-order valence-electron chi connectivity index (χ0n) is 13.3. The van der Waals surface area contributed by atoms with Crippen molar-refractivity contribution in [1.82, 2.24) is 9.80 Å². The van der Waals surface area contributed by atoms with E-state index in [1.165, 1.54) is 24.3 Å². The third-order valence-electron chi connectivity index (χ3n) is 3.73. The third-order valence-corrected chi connectivity index (χ3v) is 3.73. The number of likely N-dealkylation sites (N-methyl/N-ethyl adjacent to an activating group) is 1. The summed E-state index contributed by atoms with van der Waals surface area (Å²) in [6.07, 6.45) is 0. The first-order chi connectivity index (χ1) is 11.1. The van der Waals surface area contributed by atoms with Gasteiger partial charge in [0, 0.05) is 19.6 Å². The largest absolute Gasteiger partial charge is 0.484 e. The summed E-state index contributed by atoms with van der Waals surface area (Å²) in [4.78, 5) is 16.1. The molecular weight excluding hydrogens is 303 g/mol. The molecule has 6 nitrogen and oxygen atoms in total. The Morgan fingerprint density at radius 2 is 2.22 bits per heavy atom. The van der Waals surface area contributed by atoms with Crippen LogP contribution in [-0.4, -0.2) is 80.0 Å². The summed E-state index contributed by atoms with van der Waals surface area (Å²) in [5.41, 5.74) is 0. The van der Waals surface area contributed by atoms with Crippen LogP contribution >= 0.6 is 0 Å². The summed E-state index contributed by atoms with van der Waals surface area (Å²) >= 11 is 0. The van der Waals surface area contributed by atoms with Gasteiger partial charge in [-0.25, -0.2) is 4.39 Å². The van der Waals surface area contributed by atoms with Crippen molar-refractivity contribution < 1.29 is 23.8 Å². The molecule has 23 heavy (non-hydrogen) atoms. The number of amides is 1. The fourth-order valence-corrected chi connectivity index (χ4v) is 2.51. The van der Waals surface area contributed by atoms with Gasteiger partial charge >= 0.3 is 0 Å². The number of hydrogen-bond donors (Lipinski definition) is 1. The molecule has 0 saturated carbocycles. The molecule has 1 fully saturated rings. The molecule has 1 aromatic carbocycles. The van der Waals surface area contributed by atoms with Crippen molar-refractivity contribution in [3.63, 3.8) is 0 Å². The lowest BCUT2D eigenvalue weighted by Crippen LogP contribution is -2.54. The van der Waals surface area contributed by atoms with E-state index in [4.69, 9.17) is 14.6 Å². The van der Waals surface area contributed by atoms with E-state index in [1.54, 1.807) is 4.90 Å². The lowest BCUT2D eigenvalue weighted by atomic mass is 10.2. The van der Waals surface area contributed by atoms with Crippen molar-refractivity contribution in [3.8, 4) is 5.75 Å². The van der Waals surface area contributed by atoms with Gasteiger partial charge in [-0.15, -0.1) is 0 Å². The molecule has 1 atom stereocenters. The summed E-state index contributed by atoms with van der Waals surface area (Å²) in [5.74, 6) is -0.00850. The lowest BCUT2D eigenvalue weighted by Gasteiger charge is -2.37. The van der Waals surface area contributed by atoms with Gasteiger partial charge in [-0.1, -0.05) is 0 Å². The Hall–Kier alpha value is -1.70. The number of hydrogen-bond acceptors (Lipinski definition) is 5. The summed E-state index contributed by atoms with van der Waals surface area (Å²) in [6, 6.07) is 5.51. The third kappa shape index (κ3) is 5.46. The lowest BCUT2D eigenvalue weighted by molar-refractivity contribution is -0.142. The molecule has 1 saturated heterocycles. The zero-order valence-corrected chi connectivity index (χ0v) is 13.3. The highest BCUT2D eigenvalue weighted by Crippen LogP contribution is 2.13. The van der Waals surface area contributed by atoms with Crippen LogP contribution < -0.4 is 4.74 Å². The normalized spacial score (nSPS) is 18.3. The molecule has 2 rings (SSSR count). The highest BCUT2D eigenvalue weighted by Gasteiger charge is 2.28. The number of aliphatic hydroxyl groups excluding tert-OH is 1. The Labute approximate surface area is 135 Å². The maximum Gasteiger partial charge on any atom is 0.260 e. The Kier molecular flexibility index (Phi) is 6.76. The van der Waals surface area contributed by atoms with Crippen LogP contribution in [0.3, 0.4) is 0 Å². The number of halogens is 1. The molecule has 1 N–H and O–H groups in total. The van der Waals surface area contributed by atoms with E-state index < -0.39 is 0 Å². The second-order valence-corrected chi connectivity index (χ2v) is 5.54. The molecule has 0 radical (unpaired) electrons. The van der Waals surface area contributed by atoms with Gasteiger partial charge in [-0.3, -0.25) is 4.79 Å². The van der Waals surface area contributed by atoms with Gasteiger partial charge in [0.05, 0.1) is 25.9 Å². The number of rotatable bonds is 7. The number of aliphatic hydroxyl groups is 1. The van der Waals surface area contributed by atoms with Crippen LogP contribution in [0.5, 0.6) is 5.75 Å². The molecule has 0 bridgehead atoms. The van der Waals surface area contributed by atoms with Crippen molar-refractivity contribution in [2.45, 2.75) is 6.04 Å². The average Bonchev–Trinajstić information content (AvgIpc) is 2.55. The van der Waals surface area contributed by atoms with E-state index in [-0.39, 0.29) is 31.0 Å². The maximum absolute atomic E-state index is 12.8. The smallest absolute Gasteiger partial charge is 0.260 e. The molecule has 1 unspecified atom stereocenters. The van der Waals surface area contributed by atoms with E-state index in [0.29, 0.717) is 38.6 Å². The first-order valence-electron chi connectivity index (χ1n) is 7.65. The van der Waals surface area contributed by atoms with Crippen LogP contribution in [0.2, 0.25) is 0 Å². The van der Waals surface area contributed by atoms with Gasteiger partial charge < -0.3 is 24.4 Å². The Bertz CT molecular complexity index is 497. The Morgan fingerprint density at radius 3 is 2.91 bits per heavy atom. The minimum Gasteiger partial charge on any atom is -0.484 e. The molecule has 1 heterocycles. The maximum atomic E-state index is 12.8. The van der Waals surface area contributed by atoms with Crippen molar-refractivity contribution in [2.75, 3.05) is 53.1 Å². The van der Waals surface area contributed by atoms with E-state index in [0.717, 1.165) is 0 Å². The first-order valence-corrected chi connectivity index (χ1v) is 7.65. The zero-order chi connectivity index (χ0) is 16.7. The van der Waals surface area contributed by atoms with Crippen molar-refractivity contribution in [3.05, 3.63) is 30.1 Å². The van der Waals surface area contributed by atoms with Crippen LogP contribution in [0, 0.1) is 5.82 Å². The van der Waals surface area contributed by atoms with Crippen molar-refractivity contribution in [1.29, 1.82) is 0 Å². The predicted octanol–water partition coefficient (Wildman–Crippen LogP) is 0.356. The highest BCUT2D eigenvalue weighted by molar-refractivity contribution is 5.78. The van der Waals surface area contributed by atoms with Gasteiger partial charge in [-0.2, -0.15) is 0 Å². The summed E-state index contributed by atoms with van der Waals surface area (Å²) < 4.78 is 23.7. The van der Waals surface area contributed by atoms with Crippen LogP contribution in [0.1, 0.15) is 0 Å². The van der Waals surface area contributed by atoms with Gasteiger partial charge in [-0.05, 0) is 31.3 Å². The highest BCUT2D eigenvalue weighted by atomic mass is 19.1. The molecule has 1 aliphatic heterocycles. The van der Waals surface area contributed by atoms with Crippen molar-refractivity contribution in [2.24, 2.45) is 0 Å². The fourth-order valence-electron chi connectivity index (χ4n) is 2.51. The second-order valence-electron chi connectivity index (χ2n) is 5.54. The van der Waals surface area contributed by atoms with E-state index in [2.05, 4.69) is 0 Å². The minimum atomic E-state index is -0.344. The number of carbonyl (C=O) groups is 1. The molecule has 0 aromatic heterocycles. The summed E-state index contributed by atoms with van der Waals surface area (Å²) in [7, 11) is 1.89. The van der Waals surface area contributed by atoms with Crippen LogP contribution in [0.15, 0.2) is 24.3 Å². The van der Waals surface area contributed by atoms with Crippen molar-refractivity contribution >= 4 is 5.91 Å². The molecular formula is C16H23FN2O4. The van der Waals surface area contributed by atoms with Gasteiger partial charge in [0.15, 0.2) is 6.61 Å². The van der Waals surface area contributed by atoms with E-state index in [1.807, 2.05) is 11.9 Å². The molecule has 0 aliphatic carbocycles. The van der Waals surface area contributed by atoms with Crippen LogP contribution in [0.25, 0.3) is 0 Å². The Morgan fingerprint density at radius 1 is 1.48 bits per heavy atom. The van der Waals surface area contributed by atoms with E-state index >= 15 is 0 Å². The quantitative estimate of drug-likeness (QED) is 0.784. The predicted molar refractivity (Wildman–Crippen MR) is 82.8 cm³/mol. The van der Waals surface area contributed by atoms with Crippen LogP contribution in [0.4, 0.5) is 4.39 Å². The average molecular weight is 326 g/mol. The minimum absolute atomic E-state index is 0.0652. The van der Waals surface area contributed by atoms with Gasteiger partial charge in [0.2, 0.25) is 0 Å². The standard InChI is InChI=1S/C16H23FN2O4/c1-18(6-8-20)10-14-11-22-9-7-19(14)16(21)12-23-15-4-2-13(17)3-5-15/h2-5,14,20H,6-12H2,1H3. The monoisotopic (exact) mass is 326 g/mol. The number of benzene rings is 1. The molecule has 128 valence electrons. The SMILES string of the molecule is CN(CCO)CC1COCCN1C(=O)COc1ccc(F)cc1. The molecule has 1 aliphatic rings. The number of carbonyl (C=O) groups excluding carboxylic acids is 1. The molecule has 1 aromatic rings. The summed E-state index contributed by atoms with van der Waals surface area (Å²) in [5, 5.41) is 8.97. The topological polar surface area (TPSA) is 62.2 Å². The Balaban J connectivity index is 1.88. The number of nitrogens with zero attached hydrogens (tertiary/aromatic N) is 2. The van der Waals surface area contributed by atoms with Gasteiger partial charge in [0.25, 0.3) is 5.91 Å². The first kappa shape index (κ1) is 17.7. The van der Waals surface area contributed by atoms with Crippen LogP contribution in [-0.2, 0) is 9.53 Å².